The Balaban J connectivity index is 2.37. The SMILES string of the molecule is COC(=O)[C@@]12CC=C[C@@H]1COC2=O. The van der Waals surface area contributed by atoms with E-state index in [0.717, 1.165) is 0 Å². The summed E-state index contributed by atoms with van der Waals surface area (Å²) in [5, 5.41) is 0. The standard InChI is InChI=1S/C9H10O4/c1-12-7(10)9-4-2-3-6(9)5-13-8(9)11/h2-3,6H,4-5H2,1H3/t6-,9-/m1/s1. The maximum absolute atomic E-state index is 11.5. The lowest BCUT2D eigenvalue weighted by molar-refractivity contribution is -0.163. The van der Waals surface area contributed by atoms with Crippen LogP contribution in [0.4, 0.5) is 0 Å². The first-order chi connectivity index (χ1) is 6.21. The number of allylic oxidation sites excluding steroid dienone is 1. The van der Waals surface area contributed by atoms with Crippen LogP contribution in [0.2, 0.25) is 0 Å². The molecule has 13 heavy (non-hydrogen) atoms. The van der Waals surface area contributed by atoms with E-state index in [2.05, 4.69) is 4.74 Å². The molecule has 1 aliphatic heterocycles. The second-order valence-corrected chi connectivity index (χ2v) is 3.30. The smallest absolute Gasteiger partial charge is 0.324 e. The van der Waals surface area contributed by atoms with Crippen LogP contribution in [0.1, 0.15) is 6.42 Å². The Hall–Kier alpha value is -1.32. The minimum absolute atomic E-state index is 0.132. The van der Waals surface area contributed by atoms with Crippen molar-refractivity contribution in [1.29, 1.82) is 0 Å². The number of ether oxygens (including phenoxy) is 2. The molecule has 0 radical (unpaired) electrons. The molecule has 0 N–H and O–H groups in total. The van der Waals surface area contributed by atoms with Gasteiger partial charge in [-0.2, -0.15) is 0 Å². The highest BCUT2D eigenvalue weighted by atomic mass is 16.6. The Morgan fingerprint density at radius 3 is 3.23 bits per heavy atom. The number of hydrogen-bond donors (Lipinski definition) is 0. The number of hydrogen-bond acceptors (Lipinski definition) is 4. The zero-order valence-corrected chi connectivity index (χ0v) is 7.28. The number of fused-ring (bicyclic) bond motifs is 1. The molecule has 0 aromatic carbocycles. The lowest BCUT2D eigenvalue weighted by Crippen LogP contribution is -2.39. The van der Waals surface area contributed by atoms with Crippen molar-refractivity contribution in [3.8, 4) is 0 Å². The topological polar surface area (TPSA) is 52.6 Å². The van der Waals surface area contributed by atoms with Crippen LogP contribution in [0.5, 0.6) is 0 Å². The van der Waals surface area contributed by atoms with Crippen LogP contribution >= 0.6 is 0 Å². The summed E-state index contributed by atoms with van der Waals surface area (Å²) < 4.78 is 9.48. The molecule has 70 valence electrons. The van der Waals surface area contributed by atoms with Crippen molar-refractivity contribution < 1.29 is 19.1 Å². The van der Waals surface area contributed by atoms with Crippen LogP contribution in [0.3, 0.4) is 0 Å². The van der Waals surface area contributed by atoms with Crippen LogP contribution in [-0.4, -0.2) is 25.7 Å². The molecule has 1 heterocycles. The maximum atomic E-state index is 11.5. The van der Waals surface area contributed by atoms with E-state index in [9.17, 15) is 9.59 Å². The van der Waals surface area contributed by atoms with E-state index in [-0.39, 0.29) is 5.92 Å². The summed E-state index contributed by atoms with van der Waals surface area (Å²) in [7, 11) is 1.29. The summed E-state index contributed by atoms with van der Waals surface area (Å²) >= 11 is 0. The lowest BCUT2D eigenvalue weighted by atomic mass is 9.79. The zero-order valence-electron chi connectivity index (χ0n) is 7.28. The van der Waals surface area contributed by atoms with E-state index in [1.165, 1.54) is 7.11 Å². The van der Waals surface area contributed by atoms with Gasteiger partial charge in [-0.3, -0.25) is 9.59 Å². The monoisotopic (exact) mass is 182 g/mol. The maximum Gasteiger partial charge on any atom is 0.324 e. The molecule has 0 unspecified atom stereocenters. The third-order valence-corrected chi connectivity index (χ3v) is 2.75. The van der Waals surface area contributed by atoms with Gasteiger partial charge >= 0.3 is 11.9 Å². The van der Waals surface area contributed by atoms with Gasteiger partial charge in [0, 0.05) is 5.92 Å². The molecule has 0 amide bonds. The molecule has 1 fully saturated rings. The number of carbonyl (C=O) groups excluding carboxylic acids is 2. The highest BCUT2D eigenvalue weighted by molar-refractivity contribution is 6.02. The Kier molecular flexibility index (Phi) is 1.65. The number of carbonyl (C=O) groups is 2. The van der Waals surface area contributed by atoms with Gasteiger partial charge in [0.05, 0.1) is 13.7 Å². The van der Waals surface area contributed by atoms with Gasteiger partial charge in [0.15, 0.2) is 5.41 Å². The largest absolute Gasteiger partial charge is 0.468 e. The fourth-order valence-corrected chi connectivity index (χ4v) is 1.96. The molecular weight excluding hydrogens is 172 g/mol. The van der Waals surface area contributed by atoms with Crippen LogP contribution in [0.15, 0.2) is 12.2 Å². The molecule has 2 atom stereocenters. The van der Waals surface area contributed by atoms with E-state index < -0.39 is 17.4 Å². The first-order valence-electron chi connectivity index (χ1n) is 4.14. The van der Waals surface area contributed by atoms with E-state index in [1.54, 1.807) is 0 Å². The fraction of sp³-hybridized carbons (Fsp3) is 0.556. The van der Waals surface area contributed by atoms with Gasteiger partial charge in [0.2, 0.25) is 0 Å². The first-order valence-corrected chi connectivity index (χ1v) is 4.14. The number of methoxy groups -OCH3 is 1. The van der Waals surface area contributed by atoms with E-state index in [0.29, 0.717) is 13.0 Å². The molecule has 0 saturated carbocycles. The first kappa shape index (κ1) is 8.29. The predicted octanol–water partition coefficient (Wildman–Crippen LogP) is 0.279. The van der Waals surface area contributed by atoms with E-state index >= 15 is 0 Å². The quantitative estimate of drug-likeness (QED) is 0.332. The van der Waals surface area contributed by atoms with Crippen molar-refractivity contribution in [2.24, 2.45) is 11.3 Å². The summed E-state index contributed by atoms with van der Waals surface area (Å²) in [6, 6.07) is 0. The van der Waals surface area contributed by atoms with Crippen LogP contribution in [0, 0.1) is 11.3 Å². The van der Waals surface area contributed by atoms with Crippen molar-refractivity contribution in [2.45, 2.75) is 6.42 Å². The second kappa shape index (κ2) is 2.58. The van der Waals surface area contributed by atoms with Crippen molar-refractivity contribution >= 4 is 11.9 Å². The molecule has 0 aromatic rings. The summed E-state index contributed by atoms with van der Waals surface area (Å²) in [4.78, 5) is 22.9. The predicted molar refractivity (Wildman–Crippen MR) is 42.7 cm³/mol. The molecule has 0 aromatic heterocycles. The minimum Gasteiger partial charge on any atom is -0.468 e. The van der Waals surface area contributed by atoms with Gasteiger partial charge in [-0.1, -0.05) is 12.2 Å². The lowest BCUT2D eigenvalue weighted by Gasteiger charge is -2.20. The van der Waals surface area contributed by atoms with Crippen LogP contribution in [0.25, 0.3) is 0 Å². The van der Waals surface area contributed by atoms with Crippen LogP contribution in [-0.2, 0) is 19.1 Å². The van der Waals surface area contributed by atoms with Gasteiger partial charge < -0.3 is 9.47 Å². The molecule has 0 bridgehead atoms. The molecule has 2 aliphatic rings. The molecule has 1 aliphatic carbocycles. The van der Waals surface area contributed by atoms with Crippen molar-refractivity contribution in [3.05, 3.63) is 12.2 Å². The Morgan fingerprint density at radius 2 is 2.54 bits per heavy atom. The van der Waals surface area contributed by atoms with Gasteiger partial charge in [0.1, 0.15) is 0 Å². The molecule has 0 spiro atoms. The third-order valence-electron chi connectivity index (χ3n) is 2.75. The van der Waals surface area contributed by atoms with Gasteiger partial charge in [-0.25, -0.2) is 0 Å². The van der Waals surface area contributed by atoms with Crippen molar-refractivity contribution in [2.75, 3.05) is 13.7 Å². The average Bonchev–Trinajstić information content (AvgIpc) is 2.67. The van der Waals surface area contributed by atoms with E-state index in [1.807, 2.05) is 12.2 Å². The molecule has 4 heteroatoms. The third kappa shape index (κ3) is 0.855. The zero-order chi connectivity index (χ0) is 9.47. The number of cyclic esters (lactones) is 1. The Labute approximate surface area is 75.5 Å². The minimum atomic E-state index is -1.06. The highest BCUT2D eigenvalue weighted by Crippen LogP contribution is 2.45. The molecule has 1 saturated heterocycles. The van der Waals surface area contributed by atoms with Gasteiger partial charge in [-0.15, -0.1) is 0 Å². The molecular formula is C9H10O4. The summed E-state index contributed by atoms with van der Waals surface area (Å²) in [5.41, 5.74) is -1.06. The van der Waals surface area contributed by atoms with Crippen LogP contribution < -0.4 is 0 Å². The number of esters is 2. The summed E-state index contributed by atoms with van der Waals surface area (Å²) in [5.74, 6) is -1.06. The second-order valence-electron chi connectivity index (χ2n) is 3.30. The molecule has 4 nitrogen and oxygen atoms in total. The van der Waals surface area contributed by atoms with E-state index in [4.69, 9.17) is 4.74 Å². The van der Waals surface area contributed by atoms with Gasteiger partial charge in [0.25, 0.3) is 0 Å². The van der Waals surface area contributed by atoms with Crippen molar-refractivity contribution in [1.82, 2.24) is 0 Å². The fourth-order valence-electron chi connectivity index (χ4n) is 1.96. The van der Waals surface area contributed by atoms with Crippen molar-refractivity contribution in [3.63, 3.8) is 0 Å². The highest BCUT2D eigenvalue weighted by Gasteiger charge is 2.59. The number of rotatable bonds is 1. The average molecular weight is 182 g/mol. The normalized spacial score (nSPS) is 35.8. The summed E-state index contributed by atoms with van der Waals surface area (Å²) in [6.07, 6.45) is 4.09. The molecule has 2 rings (SSSR count). The Bertz CT molecular complexity index is 294. The van der Waals surface area contributed by atoms with Gasteiger partial charge in [-0.05, 0) is 6.42 Å². The summed E-state index contributed by atoms with van der Waals surface area (Å²) in [6.45, 7) is 0.296. The Morgan fingerprint density at radius 1 is 1.77 bits per heavy atom.